The van der Waals surface area contributed by atoms with E-state index in [9.17, 15) is 8.78 Å². The van der Waals surface area contributed by atoms with Gasteiger partial charge in [0.2, 0.25) is 0 Å². The van der Waals surface area contributed by atoms with Crippen LogP contribution in [0.25, 0.3) is 0 Å². The van der Waals surface area contributed by atoms with Crippen LogP contribution in [0.4, 0.5) is 8.78 Å². The zero-order valence-corrected chi connectivity index (χ0v) is 8.26. The second-order valence-corrected chi connectivity index (χ2v) is 3.03. The molecule has 0 saturated carbocycles. The van der Waals surface area contributed by atoms with E-state index in [0.29, 0.717) is 11.0 Å². The van der Waals surface area contributed by atoms with E-state index in [1.807, 2.05) is 0 Å². The number of aliphatic hydroxyl groups is 1. The molecule has 0 spiro atoms. The molecule has 0 atom stereocenters. The summed E-state index contributed by atoms with van der Waals surface area (Å²) < 4.78 is 24.8. The number of rotatable bonds is 3. The first kappa shape index (κ1) is 10.5. The molecule has 0 fully saturated rings. The maximum atomic E-state index is 12.4. The van der Waals surface area contributed by atoms with E-state index in [2.05, 4.69) is 20.9 Å². The average molecular weight is 252 g/mol. The minimum atomic E-state index is -2.57. The van der Waals surface area contributed by atoms with E-state index in [0.717, 1.165) is 0 Å². The fourth-order valence-corrected chi connectivity index (χ4v) is 1.26. The molecule has 0 bridgehead atoms. The summed E-state index contributed by atoms with van der Waals surface area (Å²) in [5.74, 6) is 0. The lowest BCUT2D eigenvalue weighted by atomic mass is 10.1. The molecule has 5 heteroatoms. The van der Waals surface area contributed by atoms with Crippen LogP contribution in [0.1, 0.15) is 23.2 Å². The number of hydrogen-bond acceptors (Lipinski definition) is 2. The Bertz CT molecular complexity index is 293. The van der Waals surface area contributed by atoms with Crippen molar-refractivity contribution in [2.75, 3.05) is 0 Å². The molecule has 1 N–H and O–H groups in total. The van der Waals surface area contributed by atoms with E-state index in [1.165, 1.54) is 12.3 Å². The van der Waals surface area contributed by atoms with Crippen molar-refractivity contribution in [2.24, 2.45) is 0 Å². The van der Waals surface area contributed by atoms with Gasteiger partial charge in [-0.3, -0.25) is 4.98 Å². The summed E-state index contributed by atoms with van der Waals surface area (Å²) in [6.07, 6.45) is -1.29. The average Bonchev–Trinajstić information content (AvgIpc) is 2.16. The van der Waals surface area contributed by atoms with Crippen molar-refractivity contribution in [3.63, 3.8) is 0 Å². The van der Waals surface area contributed by atoms with Crippen molar-refractivity contribution >= 4 is 15.9 Å². The third kappa shape index (κ3) is 2.45. The van der Waals surface area contributed by atoms with E-state index in [-0.39, 0.29) is 11.1 Å². The zero-order valence-electron chi connectivity index (χ0n) is 6.67. The number of alkyl halides is 3. The number of aromatic nitrogens is 1. The maximum Gasteiger partial charge on any atom is 0.264 e. The van der Waals surface area contributed by atoms with Crippen molar-refractivity contribution < 1.29 is 13.9 Å². The Balaban J connectivity index is 3.10. The van der Waals surface area contributed by atoms with Gasteiger partial charge in [-0.2, -0.15) is 0 Å². The highest BCUT2D eigenvalue weighted by Gasteiger charge is 2.13. The number of aliphatic hydroxyl groups excluding tert-OH is 1. The van der Waals surface area contributed by atoms with Crippen LogP contribution in [0.5, 0.6) is 0 Å². The van der Waals surface area contributed by atoms with Crippen LogP contribution < -0.4 is 0 Å². The van der Waals surface area contributed by atoms with Gasteiger partial charge in [0.05, 0.1) is 12.3 Å². The Labute approximate surface area is 82.7 Å². The van der Waals surface area contributed by atoms with Crippen molar-refractivity contribution in [2.45, 2.75) is 18.4 Å². The van der Waals surface area contributed by atoms with Crippen molar-refractivity contribution in [1.29, 1.82) is 0 Å². The number of hydrogen-bond donors (Lipinski definition) is 1. The third-order valence-electron chi connectivity index (χ3n) is 1.62. The van der Waals surface area contributed by atoms with Gasteiger partial charge in [0.25, 0.3) is 6.43 Å². The van der Waals surface area contributed by atoms with Crippen LogP contribution in [-0.4, -0.2) is 10.1 Å². The van der Waals surface area contributed by atoms with Gasteiger partial charge in [0.15, 0.2) is 0 Å². The molecule has 0 saturated heterocycles. The van der Waals surface area contributed by atoms with Gasteiger partial charge in [-0.15, -0.1) is 0 Å². The Kier molecular flexibility index (Phi) is 3.74. The largest absolute Gasteiger partial charge is 0.392 e. The summed E-state index contributed by atoms with van der Waals surface area (Å²) in [6.45, 7) is -0.408. The van der Waals surface area contributed by atoms with Gasteiger partial charge in [0, 0.05) is 22.7 Å². The highest BCUT2D eigenvalue weighted by atomic mass is 79.9. The van der Waals surface area contributed by atoms with E-state index < -0.39 is 13.0 Å². The monoisotopic (exact) mass is 251 g/mol. The predicted octanol–water partition coefficient (Wildman–Crippen LogP) is 2.41. The SMILES string of the molecule is OCc1cnc(CBr)cc1C(F)F. The maximum absolute atomic E-state index is 12.4. The van der Waals surface area contributed by atoms with Crippen LogP contribution in [0.2, 0.25) is 0 Å². The molecule has 0 unspecified atom stereocenters. The molecule has 1 aromatic heterocycles. The molecule has 0 aliphatic carbocycles. The van der Waals surface area contributed by atoms with Gasteiger partial charge in [-0.25, -0.2) is 8.78 Å². The molecule has 0 aromatic carbocycles. The second-order valence-electron chi connectivity index (χ2n) is 2.47. The summed E-state index contributed by atoms with van der Waals surface area (Å²) in [4.78, 5) is 3.87. The molecule has 2 nitrogen and oxygen atoms in total. The predicted molar refractivity (Wildman–Crippen MR) is 47.7 cm³/mol. The molecule has 0 amide bonds. The Morgan fingerprint density at radius 3 is 2.69 bits per heavy atom. The fourth-order valence-electron chi connectivity index (χ4n) is 0.953. The van der Waals surface area contributed by atoms with E-state index >= 15 is 0 Å². The van der Waals surface area contributed by atoms with Crippen molar-refractivity contribution in [3.05, 3.63) is 29.1 Å². The fraction of sp³-hybridized carbons (Fsp3) is 0.375. The summed E-state index contributed by atoms with van der Waals surface area (Å²) in [5, 5.41) is 9.17. The highest BCUT2D eigenvalue weighted by Crippen LogP contribution is 2.23. The standard InChI is InChI=1S/C8H8BrF2NO/c9-2-6-1-7(8(10)11)5(4-13)3-12-6/h1,3,8,13H,2,4H2. The van der Waals surface area contributed by atoms with E-state index in [1.54, 1.807) is 0 Å². The summed E-state index contributed by atoms with van der Waals surface area (Å²) in [5.41, 5.74) is 0.569. The molecule has 0 radical (unpaired) electrons. The second kappa shape index (κ2) is 4.62. The van der Waals surface area contributed by atoms with Crippen LogP contribution in [0.15, 0.2) is 12.3 Å². The van der Waals surface area contributed by atoms with E-state index in [4.69, 9.17) is 5.11 Å². The zero-order chi connectivity index (χ0) is 9.84. The number of pyridine rings is 1. The quantitative estimate of drug-likeness (QED) is 0.838. The Hall–Kier alpha value is -0.550. The topological polar surface area (TPSA) is 33.1 Å². The van der Waals surface area contributed by atoms with Gasteiger partial charge < -0.3 is 5.11 Å². The molecule has 72 valence electrons. The lowest BCUT2D eigenvalue weighted by Gasteiger charge is -2.06. The molecule has 1 aromatic rings. The summed E-state index contributed by atoms with van der Waals surface area (Å²) in [6, 6.07) is 1.30. The number of nitrogens with zero attached hydrogens (tertiary/aromatic N) is 1. The summed E-state index contributed by atoms with van der Waals surface area (Å²) >= 11 is 3.12. The lowest BCUT2D eigenvalue weighted by molar-refractivity contribution is 0.147. The first-order valence-electron chi connectivity index (χ1n) is 3.61. The minimum absolute atomic E-state index is 0.146. The van der Waals surface area contributed by atoms with Gasteiger partial charge in [-0.1, -0.05) is 15.9 Å². The van der Waals surface area contributed by atoms with Crippen molar-refractivity contribution in [1.82, 2.24) is 4.98 Å². The molecule has 1 heterocycles. The van der Waals surface area contributed by atoms with Crippen molar-refractivity contribution in [3.8, 4) is 0 Å². The Morgan fingerprint density at radius 1 is 1.54 bits per heavy atom. The molecular formula is C8H8BrF2NO. The smallest absolute Gasteiger partial charge is 0.264 e. The number of halogens is 3. The molecule has 0 aliphatic heterocycles. The Morgan fingerprint density at radius 2 is 2.23 bits per heavy atom. The summed E-state index contributed by atoms with van der Waals surface area (Å²) in [7, 11) is 0. The first-order valence-corrected chi connectivity index (χ1v) is 4.74. The van der Waals surface area contributed by atoms with Crippen LogP contribution >= 0.6 is 15.9 Å². The van der Waals surface area contributed by atoms with Crippen LogP contribution in [0.3, 0.4) is 0 Å². The lowest BCUT2D eigenvalue weighted by Crippen LogP contribution is -1.98. The van der Waals surface area contributed by atoms with Gasteiger partial charge >= 0.3 is 0 Å². The van der Waals surface area contributed by atoms with Gasteiger partial charge in [0.1, 0.15) is 0 Å². The molecule has 0 aliphatic rings. The molecular weight excluding hydrogens is 244 g/mol. The third-order valence-corrected chi connectivity index (χ3v) is 2.20. The molecule has 13 heavy (non-hydrogen) atoms. The normalized spacial score (nSPS) is 10.8. The minimum Gasteiger partial charge on any atom is -0.392 e. The molecule has 1 rings (SSSR count). The first-order chi connectivity index (χ1) is 6.19. The van der Waals surface area contributed by atoms with Crippen LogP contribution in [-0.2, 0) is 11.9 Å². The van der Waals surface area contributed by atoms with Crippen LogP contribution in [0, 0.1) is 0 Å². The van der Waals surface area contributed by atoms with Gasteiger partial charge in [-0.05, 0) is 6.07 Å². The highest BCUT2D eigenvalue weighted by molar-refractivity contribution is 9.08.